The zero-order valence-electron chi connectivity index (χ0n) is 29.5. The van der Waals surface area contributed by atoms with Crippen LogP contribution in [0.4, 0.5) is 4.39 Å². The maximum absolute atomic E-state index is 17.6. The summed E-state index contributed by atoms with van der Waals surface area (Å²) in [4.78, 5) is 109. The van der Waals surface area contributed by atoms with E-state index in [9.17, 15) is 53.7 Å². The zero-order chi connectivity index (χ0) is 38.5. The Morgan fingerprint density at radius 2 is 1.47 bits per heavy atom. The van der Waals surface area contributed by atoms with E-state index < -0.39 is 100 Å². The standard InChI is InChI=1S/C37H45FN2O13/c1-35-14-13-23(42)16-21(35)6-7-25-24-17-22(36(51,28(44)19-41)26(24)18-27(43)37(25,35)38)15-20(5-12-34(50)53-40-31(47)10-11-32(40)48)3-2-4-33(49)52-39-29(45)8-9-30(39)46/h13-14,16,20,22,24-27,41,43,51H,2-12,15,17-19H2,1H3. The van der Waals surface area contributed by atoms with Crippen LogP contribution in [0.25, 0.3) is 0 Å². The maximum atomic E-state index is 17.6. The number of nitrogens with zero attached hydrogens (tertiary/aromatic N) is 2. The average Bonchev–Trinajstić information content (AvgIpc) is 3.71. The molecule has 2 saturated heterocycles. The molecular formula is C37H45FN2O13. The number of halogens is 1. The molecule has 0 aromatic carbocycles. The minimum Gasteiger partial charge on any atom is -0.390 e. The van der Waals surface area contributed by atoms with Gasteiger partial charge in [0.15, 0.2) is 17.2 Å². The van der Waals surface area contributed by atoms with E-state index in [1.54, 1.807) is 6.92 Å². The molecule has 0 radical (unpaired) electrons. The number of amides is 4. The largest absolute Gasteiger partial charge is 0.390 e. The number of fused-ring (bicyclic) bond motifs is 5. The highest BCUT2D eigenvalue weighted by Gasteiger charge is 2.72. The number of hydroxylamine groups is 4. The Labute approximate surface area is 304 Å². The lowest BCUT2D eigenvalue weighted by molar-refractivity contribution is -0.198. The predicted octanol–water partition coefficient (Wildman–Crippen LogP) is 1.66. The molecule has 3 N–H and O–H groups in total. The fourth-order valence-electron chi connectivity index (χ4n) is 10.1. The quantitative estimate of drug-likeness (QED) is 0.229. The summed E-state index contributed by atoms with van der Waals surface area (Å²) < 4.78 is 17.6. The van der Waals surface area contributed by atoms with Gasteiger partial charge in [-0.25, -0.2) is 14.0 Å². The van der Waals surface area contributed by atoms with Crippen LogP contribution >= 0.6 is 0 Å². The van der Waals surface area contributed by atoms with Crippen molar-refractivity contribution in [3.8, 4) is 0 Å². The summed E-state index contributed by atoms with van der Waals surface area (Å²) >= 11 is 0. The van der Waals surface area contributed by atoms with Gasteiger partial charge in [0.05, 0.1) is 6.10 Å². The van der Waals surface area contributed by atoms with E-state index in [0.29, 0.717) is 22.1 Å². The molecule has 4 amide bonds. The number of Topliss-reactive ketones (excluding diaryl/α,β-unsaturated/α-hetero) is 1. The van der Waals surface area contributed by atoms with Crippen LogP contribution in [0.2, 0.25) is 0 Å². The molecule has 6 rings (SSSR count). The van der Waals surface area contributed by atoms with Crippen molar-refractivity contribution in [1.82, 2.24) is 10.1 Å². The fourth-order valence-corrected chi connectivity index (χ4v) is 10.1. The minimum atomic E-state index is -2.22. The van der Waals surface area contributed by atoms with Gasteiger partial charge in [-0.05, 0) is 88.2 Å². The van der Waals surface area contributed by atoms with Crippen LogP contribution in [0, 0.1) is 35.0 Å². The minimum absolute atomic E-state index is 0.0621. The molecule has 0 aromatic heterocycles. The second-order valence-corrected chi connectivity index (χ2v) is 15.5. The van der Waals surface area contributed by atoms with Gasteiger partial charge >= 0.3 is 11.9 Å². The monoisotopic (exact) mass is 744 g/mol. The molecule has 16 heteroatoms. The van der Waals surface area contributed by atoms with Crippen LogP contribution in [-0.4, -0.2) is 96.6 Å². The molecule has 0 aromatic rings. The maximum Gasteiger partial charge on any atom is 0.333 e. The van der Waals surface area contributed by atoms with Gasteiger partial charge in [-0.15, -0.1) is 10.1 Å². The van der Waals surface area contributed by atoms with E-state index in [0.717, 1.165) is 0 Å². The third kappa shape index (κ3) is 6.67. The third-order valence-corrected chi connectivity index (χ3v) is 12.7. The summed E-state index contributed by atoms with van der Waals surface area (Å²) in [7, 11) is 0. The molecule has 3 saturated carbocycles. The summed E-state index contributed by atoms with van der Waals surface area (Å²) in [6.45, 7) is 0.635. The first kappa shape index (κ1) is 38.6. The molecule has 53 heavy (non-hydrogen) atoms. The number of rotatable bonds is 13. The van der Waals surface area contributed by atoms with Gasteiger partial charge in [-0.2, -0.15) is 0 Å². The van der Waals surface area contributed by atoms with Gasteiger partial charge in [0, 0.05) is 55.8 Å². The Morgan fingerprint density at radius 3 is 2.06 bits per heavy atom. The number of hydrogen-bond acceptors (Lipinski definition) is 13. The Bertz CT molecular complexity index is 1640. The van der Waals surface area contributed by atoms with Crippen molar-refractivity contribution in [1.29, 1.82) is 0 Å². The SMILES string of the molecule is CC12C=CC(=O)C=C1CCC1C3CC(CC(CCCC(=O)ON4C(=O)CCC4=O)CCC(=O)ON4C(=O)CCC4=O)C(O)(C(=O)CO)C3CC(O)C12F. The highest BCUT2D eigenvalue weighted by atomic mass is 19.1. The molecule has 9 atom stereocenters. The topological polar surface area (TPSA) is 222 Å². The van der Waals surface area contributed by atoms with Crippen molar-refractivity contribution in [2.75, 3.05) is 6.61 Å². The average molecular weight is 745 g/mol. The number of carbonyl (C=O) groups is 8. The number of imide groups is 2. The summed E-state index contributed by atoms with van der Waals surface area (Å²) in [6.07, 6.45) is 2.68. The molecule has 9 unspecified atom stereocenters. The molecule has 6 aliphatic rings. The Morgan fingerprint density at radius 1 is 0.887 bits per heavy atom. The van der Waals surface area contributed by atoms with Crippen LogP contribution < -0.4 is 0 Å². The van der Waals surface area contributed by atoms with Crippen molar-refractivity contribution in [3.63, 3.8) is 0 Å². The van der Waals surface area contributed by atoms with Gasteiger partial charge in [0.1, 0.15) is 12.2 Å². The number of aliphatic hydroxyl groups excluding tert-OH is 2. The lowest BCUT2D eigenvalue weighted by Crippen LogP contribution is -2.66. The van der Waals surface area contributed by atoms with E-state index in [1.165, 1.54) is 18.2 Å². The van der Waals surface area contributed by atoms with Crippen LogP contribution in [-0.2, 0) is 48.0 Å². The Kier molecular flexibility index (Phi) is 10.6. The third-order valence-electron chi connectivity index (χ3n) is 12.7. The van der Waals surface area contributed by atoms with Crippen LogP contribution in [0.15, 0.2) is 23.8 Å². The Balaban J connectivity index is 1.22. The highest BCUT2D eigenvalue weighted by molar-refractivity contribution is 6.02. The lowest BCUT2D eigenvalue weighted by atomic mass is 9.48. The molecular weight excluding hydrogens is 699 g/mol. The molecule has 0 spiro atoms. The van der Waals surface area contributed by atoms with E-state index in [1.807, 2.05) is 0 Å². The van der Waals surface area contributed by atoms with Crippen molar-refractivity contribution >= 4 is 47.1 Å². The van der Waals surface area contributed by atoms with Crippen LogP contribution in [0.1, 0.15) is 96.8 Å². The fraction of sp³-hybridized carbons (Fsp3) is 0.676. The Hall–Kier alpha value is -4.15. The number of aliphatic hydroxyl groups is 3. The van der Waals surface area contributed by atoms with Gasteiger partial charge in [0.2, 0.25) is 0 Å². The second-order valence-electron chi connectivity index (χ2n) is 15.5. The van der Waals surface area contributed by atoms with Crippen LogP contribution in [0.5, 0.6) is 0 Å². The predicted molar refractivity (Wildman–Crippen MR) is 175 cm³/mol. The van der Waals surface area contributed by atoms with Gasteiger partial charge in [-0.3, -0.25) is 28.8 Å². The summed E-state index contributed by atoms with van der Waals surface area (Å²) in [6, 6.07) is 0. The molecule has 5 fully saturated rings. The van der Waals surface area contributed by atoms with E-state index in [4.69, 9.17) is 9.68 Å². The van der Waals surface area contributed by atoms with Gasteiger partial charge < -0.3 is 25.0 Å². The van der Waals surface area contributed by atoms with Crippen LogP contribution in [0.3, 0.4) is 0 Å². The van der Waals surface area contributed by atoms with Gasteiger partial charge in [0.25, 0.3) is 23.6 Å². The van der Waals surface area contributed by atoms with E-state index in [2.05, 4.69) is 0 Å². The van der Waals surface area contributed by atoms with Crippen molar-refractivity contribution in [3.05, 3.63) is 23.8 Å². The summed E-state index contributed by atoms with van der Waals surface area (Å²) in [5.41, 5.74) is -5.12. The first-order valence-corrected chi connectivity index (χ1v) is 18.3. The number of allylic oxidation sites excluding steroid dienone is 4. The van der Waals surface area contributed by atoms with Crippen molar-refractivity contribution in [2.45, 2.75) is 114 Å². The first-order chi connectivity index (χ1) is 25.0. The molecule has 4 aliphatic carbocycles. The van der Waals surface area contributed by atoms with Crippen molar-refractivity contribution in [2.24, 2.45) is 35.0 Å². The number of hydrogen-bond donors (Lipinski definition) is 3. The summed E-state index contributed by atoms with van der Waals surface area (Å²) in [5.74, 6) is -9.17. The molecule has 15 nitrogen and oxygen atoms in total. The molecule has 288 valence electrons. The van der Waals surface area contributed by atoms with E-state index >= 15 is 4.39 Å². The second kappa shape index (κ2) is 14.6. The number of alkyl halides is 1. The van der Waals surface area contributed by atoms with E-state index in [-0.39, 0.29) is 89.3 Å². The lowest BCUT2D eigenvalue weighted by Gasteiger charge is -2.59. The van der Waals surface area contributed by atoms with Gasteiger partial charge in [-0.1, -0.05) is 11.6 Å². The number of carbonyl (C=O) groups excluding carboxylic acids is 8. The first-order valence-electron chi connectivity index (χ1n) is 18.3. The smallest absolute Gasteiger partial charge is 0.333 e. The summed E-state index contributed by atoms with van der Waals surface area (Å²) in [5, 5.41) is 34.8. The molecule has 0 bridgehead atoms. The normalized spacial score (nSPS) is 35.5. The molecule has 2 aliphatic heterocycles. The number of ketones is 2. The molecule has 2 heterocycles. The highest BCUT2D eigenvalue weighted by Crippen LogP contribution is 2.67. The zero-order valence-corrected chi connectivity index (χ0v) is 29.5. The van der Waals surface area contributed by atoms with Crippen molar-refractivity contribution < 1.29 is 67.7 Å².